The molecule has 20 heavy (non-hydrogen) atoms. The Hall–Kier alpha value is -1.57. The summed E-state index contributed by atoms with van der Waals surface area (Å²) in [5.41, 5.74) is 6.53. The van der Waals surface area contributed by atoms with Gasteiger partial charge in [-0.3, -0.25) is 0 Å². The second kappa shape index (κ2) is 5.08. The minimum absolute atomic E-state index is 0.141. The van der Waals surface area contributed by atoms with Crippen LogP contribution < -0.4 is 10.5 Å². The van der Waals surface area contributed by atoms with Crippen molar-refractivity contribution in [1.82, 2.24) is 9.29 Å². The van der Waals surface area contributed by atoms with Gasteiger partial charge in [0, 0.05) is 24.5 Å². The summed E-state index contributed by atoms with van der Waals surface area (Å²) in [6, 6.07) is 5.49. The number of aromatic nitrogens is 1. The highest BCUT2D eigenvalue weighted by Gasteiger charge is 2.27. The zero-order valence-corrected chi connectivity index (χ0v) is 11.8. The van der Waals surface area contributed by atoms with Gasteiger partial charge in [-0.15, -0.1) is 0 Å². The fraction of sp³-hybridized carbons (Fsp3) is 0.385. The maximum atomic E-state index is 12.2. The van der Waals surface area contributed by atoms with Gasteiger partial charge in [-0.25, -0.2) is 13.1 Å². The maximum absolute atomic E-state index is 12.2. The number of hydrogen-bond acceptors (Lipinski definition) is 4. The summed E-state index contributed by atoms with van der Waals surface area (Å²) in [6.07, 6.45) is 5.35. The largest absolute Gasteiger partial charge is 0.468 e. The van der Waals surface area contributed by atoms with Crippen LogP contribution >= 0.6 is 0 Å². The second-order valence-electron chi connectivity index (χ2n) is 4.91. The van der Waals surface area contributed by atoms with Crippen molar-refractivity contribution in [1.29, 1.82) is 0 Å². The Morgan fingerprint density at radius 3 is 2.85 bits per heavy atom. The predicted molar refractivity (Wildman–Crippen MR) is 73.3 cm³/mol. The molecule has 3 N–H and O–H groups in total. The Kier molecular flexibility index (Phi) is 3.41. The van der Waals surface area contributed by atoms with Crippen molar-refractivity contribution in [3.05, 3.63) is 42.1 Å². The van der Waals surface area contributed by atoms with Gasteiger partial charge in [0.2, 0.25) is 10.0 Å². The summed E-state index contributed by atoms with van der Waals surface area (Å²) < 4.78 is 34.1. The quantitative estimate of drug-likeness (QED) is 0.841. The van der Waals surface area contributed by atoms with Crippen molar-refractivity contribution in [3.63, 3.8) is 0 Å². The molecule has 0 radical (unpaired) electrons. The average molecular weight is 295 g/mol. The predicted octanol–water partition coefficient (Wildman–Crippen LogP) is 1.35. The number of nitrogens with one attached hydrogen (secondary N) is 1. The van der Waals surface area contributed by atoms with E-state index < -0.39 is 10.0 Å². The Morgan fingerprint density at radius 1 is 1.45 bits per heavy atom. The normalized spacial score (nSPS) is 15.7. The summed E-state index contributed by atoms with van der Waals surface area (Å²) in [7, 11) is -3.54. The van der Waals surface area contributed by atoms with E-state index in [9.17, 15) is 8.42 Å². The number of hydrogen-bond donors (Lipinski definition) is 2. The van der Waals surface area contributed by atoms with Gasteiger partial charge in [-0.1, -0.05) is 0 Å². The third-order valence-electron chi connectivity index (χ3n) is 3.38. The van der Waals surface area contributed by atoms with E-state index >= 15 is 0 Å². The molecule has 1 saturated carbocycles. The number of rotatable bonds is 6. The Morgan fingerprint density at radius 2 is 2.25 bits per heavy atom. The van der Waals surface area contributed by atoms with Gasteiger partial charge < -0.3 is 14.7 Å². The molecule has 108 valence electrons. The third-order valence-corrected chi connectivity index (χ3v) is 4.75. The molecular weight excluding hydrogens is 278 g/mol. The van der Waals surface area contributed by atoms with Crippen LogP contribution in [-0.4, -0.2) is 13.0 Å². The van der Waals surface area contributed by atoms with E-state index in [4.69, 9.17) is 10.2 Å². The number of furan rings is 1. The van der Waals surface area contributed by atoms with Crippen LogP contribution in [0.5, 0.6) is 0 Å². The van der Waals surface area contributed by atoms with E-state index in [0.29, 0.717) is 18.3 Å². The molecule has 0 bridgehead atoms. The molecule has 0 aliphatic heterocycles. The van der Waals surface area contributed by atoms with Gasteiger partial charge in [0.05, 0.1) is 17.7 Å². The molecule has 6 nitrogen and oxygen atoms in total. The molecule has 0 spiro atoms. The summed E-state index contributed by atoms with van der Waals surface area (Å²) in [5.74, 6) is 0.578. The van der Waals surface area contributed by atoms with Crippen LogP contribution in [0.1, 0.15) is 30.3 Å². The first-order chi connectivity index (χ1) is 9.60. The fourth-order valence-corrected chi connectivity index (χ4v) is 3.21. The molecule has 7 heteroatoms. The van der Waals surface area contributed by atoms with E-state index in [1.54, 1.807) is 24.4 Å². The first kappa shape index (κ1) is 13.4. The van der Waals surface area contributed by atoms with E-state index in [0.717, 1.165) is 18.5 Å². The topological polar surface area (TPSA) is 90.3 Å². The zero-order valence-electron chi connectivity index (χ0n) is 11.0. The lowest BCUT2D eigenvalue weighted by Crippen LogP contribution is -2.22. The van der Waals surface area contributed by atoms with Crippen molar-refractivity contribution in [3.8, 4) is 0 Å². The Bertz CT molecular complexity index is 685. The van der Waals surface area contributed by atoms with E-state index in [2.05, 4.69) is 4.72 Å². The molecule has 0 saturated heterocycles. The SMILES string of the molecule is NCc1cc(S(=O)(=O)NCc2ccco2)cn1C1CC1. The standard InChI is InChI=1S/C13H17N3O3S/c14-7-11-6-13(9-16(11)10-3-4-10)20(17,18)15-8-12-2-1-5-19-12/h1-2,5-6,9-10,15H,3-4,7-8,14H2. The van der Waals surface area contributed by atoms with Crippen LogP contribution in [0.4, 0.5) is 0 Å². The Balaban J connectivity index is 1.79. The molecule has 1 aliphatic carbocycles. The lowest BCUT2D eigenvalue weighted by Gasteiger charge is -2.04. The highest BCUT2D eigenvalue weighted by atomic mass is 32.2. The summed E-state index contributed by atoms with van der Waals surface area (Å²) in [4.78, 5) is 0.261. The summed E-state index contributed by atoms with van der Waals surface area (Å²) in [5, 5.41) is 0. The van der Waals surface area contributed by atoms with Crippen LogP contribution in [0.2, 0.25) is 0 Å². The molecule has 2 aromatic heterocycles. The second-order valence-corrected chi connectivity index (χ2v) is 6.68. The zero-order chi connectivity index (χ0) is 14.2. The highest BCUT2D eigenvalue weighted by Crippen LogP contribution is 2.37. The Labute approximate surface area is 117 Å². The van der Waals surface area contributed by atoms with Crippen LogP contribution in [0, 0.1) is 0 Å². The first-order valence-electron chi connectivity index (χ1n) is 6.53. The van der Waals surface area contributed by atoms with Gasteiger partial charge >= 0.3 is 0 Å². The van der Waals surface area contributed by atoms with Crippen LogP contribution in [0.15, 0.2) is 40.0 Å². The van der Waals surface area contributed by atoms with Gasteiger partial charge in [0.1, 0.15) is 5.76 Å². The molecule has 2 heterocycles. The molecule has 0 unspecified atom stereocenters. The van der Waals surface area contributed by atoms with Crippen molar-refractivity contribution in [2.24, 2.45) is 5.73 Å². The highest BCUT2D eigenvalue weighted by molar-refractivity contribution is 7.89. The van der Waals surface area contributed by atoms with Crippen LogP contribution in [0.25, 0.3) is 0 Å². The molecule has 0 atom stereocenters. The maximum Gasteiger partial charge on any atom is 0.242 e. The molecule has 2 aromatic rings. The van der Waals surface area contributed by atoms with E-state index in [1.807, 2.05) is 4.57 Å². The van der Waals surface area contributed by atoms with Gasteiger partial charge in [0.15, 0.2) is 0 Å². The van der Waals surface area contributed by atoms with E-state index in [-0.39, 0.29) is 11.4 Å². The van der Waals surface area contributed by atoms with Crippen molar-refractivity contribution in [2.75, 3.05) is 0 Å². The lowest BCUT2D eigenvalue weighted by atomic mass is 10.4. The lowest BCUT2D eigenvalue weighted by molar-refractivity contribution is 0.498. The van der Waals surface area contributed by atoms with Crippen LogP contribution in [0.3, 0.4) is 0 Å². The molecule has 0 aromatic carbocycles. The minimum Gasteiger partial charge on any atom is -0.468 e. The summed E-state index contributed by atoms with van der Waals surface area (Å²) >= 11 is 0. The van der Waals surface area contributed by atoms with Gasteiger partial charge in [0.25, 0.3) is 0 Å². The third kappa shape index (κ3) is 2.65. The minimum atomic E-state index is -3.54. The molecular formula is C13H17N3O3S. The molecule has 0 amide bonds. The monoisotopic (exact) mass is 295 g/mol. The van der Waals surface area contributed by atoms with Crippen molar-refractivity contribution < 1.29 is 12.8 Å². The van der Waals surface area contributed by atoms with Crippen molar-refractivity contribution >= 4 is 10.0 Å². The van der Waals surface area contributed by atoms with Crippen LogP contribution in [-0.2, 0) is 23.1 Å². The molecule has 3 rings (SSSR count). The smallest absolute Gasteiger partial charge is 0.242 e. The number of nitrogens with zero attached hydrogens (tertiary/aromatic N) is 1. The molecule has 1 aliphatic rings. The number of sulfonamides is 1. The summed E-state index contributed by atoms with van der Waals surface area (Å²) in [6.45, 7) is 0.478. The van der Waals surface area contributed by atoms with Crippen molar-refractivity contribution in [2.45, 2.75) is 36.9 Å². The van der Waals surface area contributed by atoms with E-state index in [1.165, 1.54) is 6.26 Å². The van der Waals surface area contributed by atoms with Gasteiger partial charge in [-0.05, 0) is 31.0 Å². The number of nitrogens with two attached hydrogens (primary N) is 1. The molecule has 1 fully saturated rings. The van der Waals surface area contributed by atoms with Gasteiger partial charge in [-0.2, -0.15) is 0 Å². The average Bonchev–Trinajstić information content (AvgIpc) is 2.98. The fourth-order valence-electron chi connectivity index (χ4n) is 2.16. The first-order valence-corrected chi connectivity index (χ1v) is 8.01.